The van der Waals surface area contributed by atoms with Crippen LogP contribution in [0.25, 0.3) is 11.6 Å². The fraction of sp³-hybridized carbons (Fsp3) is 0.118. The lowest BCUT2D eigenvalue weighted by atomic mass is 9.98. The minimum atomic E-state index is -0.182. The van der Waals surface area contributed by atoms with Crippen LogP contribution in [0.2, 0.25) is 5.02 Å². The normalized spacial score (nSPS) is 16.5. The number of rotatable bonds is 2. The van der Waals surface area contributed by atoms with Crippen molar-refractivity contribution in [2.24, 2.45) is 0 Å². The van der Waals surface area contributed by atoms with Gasteiger partial charge in [0.1, 0.15) is 0 Å². The summed E-state index contributed by atoms with van der Waals surface area (Å²) in [5.74, 6) is -0.0652. The van der Waals surface area contributed by atoms with Crippen molar-refractivity contribution in [2.75, 3.05) is 0 Å². The van der Waals surface area contributed by atoms with Gasteiger partial charge in [0.05, 0.1) is 6.04 Å². The Hall–Kier alpha value is -2.06. The Balaban J connectivity index is 2.11. The first-order chi connectivity index (χ1) is 9.66. The van der Waals surface area contributed by atoms with Crippen LogP contribution in [-0.2, 0) is 4.79 Å². The van der Waals surface area contributed by atoms with Crippen LogP contribution in [0.15, 0.2) is 48.5 Å². The van der Waals surface area contributed by atoms with Crippen LogP contribution < -0.4 is 5.32 Å². The summed E-state index contributed by atoms with van der Waals surface area (Å²) in [6.07, 6.45) is 2.09. The molecule has 3 rings (SSSR count). The first-order valence-electron chi connectivity index (χ1n) is 6.49. The van der Waals surface area contributed by atoms with Crippen LogP contribution in [0, 0.1) is 0 Å². The second kappa shape index (κ2) is 5.14. The molecule has 1 atom stereocenters. The Kier molecular flexibility index (Phi) is 3.33. The van der Waals surface area contributed by atoms with E-state index in [-0.39, 0.29) is 11.9 Å². The van der Waals surface area contributed by atoms with E-state index in [1.807, 2.05) is 48.5 Å². The molecule has 0 spiro atoms. The Labute approximate surface area is 123 Å². The highest BCUT2D eigenvalue weighted by molar-refractivity contribution is 6.32. The lowest BCUT2D eigenvalue weighted by Crippen LogP contribution is -2.26. The van der Waals surface area contributed by atoms with Gasteiger partial charge in [-0.1, -0.05) is 54.1 Å². The lowest BCUT2D eigenvalue weighted by molar-refractivity contribution is -0.119. The molecular formula is C17H14ClNO. The second-order valence-electron chi connectivity index (χ2n) is 4.84. The third-order valence-corrected chi connectivity index (χ3v) is 3.78. The smallest absolute Gasteiger partial charge is 0.217 e. The van der Waals surface area contributed by atoms with Gasteiger partial charge in [-0.3, -0.25) is 4.79 Å². The molecule has 1 aliphatic carbocycles. The summed E-state index contributed by atoms with van der Waals surface area (Å²) < 4.78 is 0. The van der Waals surface area contributed by atoms with Gasteiger partial charge in [0.2, 0.25) is 5.91 Å². The summed E-state index contributed by atoms with van der Waals surface area (Å²) in [5.41, 5.74) is 4.21. The molecule has 3 heteroatoms. The highest BCUT2D eigenvalue weighted by Gasteiger charge is 2.28. The van der Waals surface area contributed by atoms with Gasteiger partial charge in [-0.15, -0.1) is 0 Å². The van der Waals surface area contributed by atoms with Crippen molar-refractivity contribution in [3.63, 3.8) is 0 Å². The molecule has 2 nitrogen and oxygen atoms in total. The Bertz CT molecular complexity index is 691. The monoisotopic (exact) mass is 283 g/mol. The largest absolute Gasteiger partial charge is 0.345 e. The number of carbonyl (C=O) groups excluding carboxylic acids is 1. The maximum Gasteiger partial charge on any atom is 0.217 e. The van der Waals surface area contributed by atoms with E-state index in [4.69, 9.17) is 11.6 Å². The van der Waals surface area contributed by atoms with Gasteiger partial charge >= 0.3 is 0 Å². The number of benzene rings is 2. The van der Waals surface area contributed by atoms with Gasteiger partial charge in [0.25, 0.3) is 0 Å². The average Bonchev–Trinajstić information content (AvgIpc) is 2.79. The third kappa shape index (κ3) is 2.23. The SMILES string of the molecule is CC(=O)NC1C(c2ccccc2)=Cc2cccc(Cl)c21. The Morgan fingerprint density at radius 2 is 1.85 bits per heavy atom. The highest BCUT2D eigenvalue weighted by atomic mass is 35.5. The standard InChI is InChI=1S/C17H14ClNO/c1-11(20)19-17-14(12-6-3-2-4-7-12)10-13-8-5-9-15(18)16(13)17/h2-10,17H,1H3,(H,19,20). The van der Waals surface area contributed by atoms with Crippen LogP contribution in [-0.4, -0.2) is 5.91 Å². The van der Waals surface area contributed by atoms with Crippen LogP contribution in [0.5, 0.6) is 0 Å². The van der Waals surface area contributed by atoms with Gasteiger partial charge in [-0.25, -0.2) is 0 Å². The molecule has 0 aromatic heterocycles. The predicted octanol–water partition coefficient (Wildman–Crippen LogP) is 4.07. The van der Waals surface area contributed by atoms with Crippen molar-refractivity contribution in [2.45, 2.75) is 13.0 Å². The maximum absolute atomic E-state index is 11.5. The molecule has 1 unspecified atom stereocenters. The second-order valence-corrected chi connectivity index (χ2v) is 5.25. The van der Waals surface area contributed by atoms with Crippen molar-refractivity contribution in [3.05, 3.63) is 70.2 Å². The summed E-state index contributed by atoms with van der Waals surface area (Å²) in [6, 6.07) is 15.7. The predicted molar refractivity (Wildman–Crippen MR) is 82.3 cm³/mol. The molecule has 0 saturated carbocycles. The molecule has 1 amide bonds. The van der Waals surface area contributed by atoms with E-state index in [2.05, 4.69) is 11.4 Å². The number of halogens is 1. The van der Waals surface area contributed by atoms with Gasteiger partial charge in [-0.2, -0.15) is 0 Å². The van der Waals surface area contributed by atoms with Crippen LogP contribution in [0.4, 0.5) is 0 Å². The molecule has 0 heterocycles. The van der Waals surface area contributed by atoms with Gasteiger partial charge < -0.3 is 5.32 Å². The fourth-order valence-corrected chi connectivity index (χ4v) is 2.92. The minimum absolute atomic E-state index is 0.0652. The number of hydrogen-bond acceptors (Lipinski definition) is 1. The number of nitrogens with one attached hydrogen (secondary N) is 1. The van der Waals surface area contributed by atoms with E-state index in [1.54, 1.807) is 0 Å². The Morgan fingerprint density at radius 3 is 2.55 bits per heavy atom. The molecule has 0 saturated heterocycles. The molecule has 2 aromatic rings. The Morgan fingerprint density at radius 1 is 1.10 bits per heavy atom. The molecule has 0 aliphatic heterocycles. The zero-order valence-corrected chi connectivity index (χ0v) is 11.8. The molecule has 100 valence electrons. The van der Waals surface area contributed by atoms with Gasteiger partial charge in [-0.05, 0) is 28.8 Å². The van der Waals surface area contributed by atoms with Gasteiger partial charge in [0.15, 0.2) is 0 Å². The van der Waals surface area contributed by atoms with E-state index in [1.165, 1.54) is 6.92 Å². The number of carbonyl (C=O) groups is 1. The van der Waals surface area contributed by atoms with Crippen molar-refractivity contribution in [1.29, 1.82) is 0 Å². The average molecular weight is 284 g/mol. The molecule has 0 bridgehead atoms. The topological polar surface area (TPSA) is 29.1 Å². The first-order valence-corrected chi connectivity index (χ1v) is 6.87. The molecule has 0 fully saturated rings. The van der Waals surface area contributed by atoms with Crippen LogP contribution in [0.3, 0.4) is 0 Å². The van der Waals surface area contributed by atoms with Crippen molar-refractivity contribution in [3.8, 4) is 0 Å². The van der Waals surface area contributed by atoms with Crippen molar-refractivity contribution in [1.82, 2.24) is 5.32 Å². The summed E-state index contributed by atoms with van der Waals surface area (Å²) in [5, 5.41) is 3.68. The molecule has 1 N–H and O–H groups in total. The molecule has 20 heavy (non-hydrogen) atoms. The van der Waals surface area contributed by atoms with Crippen molar-refractivity contribution >= 4 is 29.2 Å². The molecule has 0 radical (unpaired) electrons. The molecule has 1 aliphatic rings. The minimum Gasteiger partial charge on any atom is -0.345 e. The zero-order valence-electron chi connectivity index (χ0n) is 11.1. The first kappa shape index (κ1) is 12.9. The highest BCUT2D eigenvalue weighted by Crippen LogP contribution is 2.43. The third-order valence-electron chi connectivity index (χ3n) is 3.45. The lowest BCUT2D eigenvalue weighted by Gasteiger charge is -2.19. The van der Waals surface area contributed by atoms with Gasteiger partial charge in [0, 0.05) is 17.5 Å². The zero-order chi connectivity index (χ0) is 14.1. The van der Waals surface area contributed by atoms with E-state index in [9.17, 15) is 4.79 Å². The molecule has 2 aromatic carbocycles. The maximum atomic E-state index is 11.5. The van der Waals surface area contributed by atoms with E-state index >= 15 is 0 Å². The van der Waals surface area contributed by atoms with E-state index < -0.39 is 0 Å². The fourth-order valence-electron chi connectivity index (χ4n) is 2.62. The summed E-state index contributed by atoms with van der Waals surface area (Å²) in [6.45, 7) is 1.53. The summed E-state index contributed by atoms with van der Waals surface area (Å²) >= 11 is 6.32. The van der Waals surface area contributed by atoms with Crippen LogP contribution >= 0.6 is 11.6 Å². The summed E-state index contributed by atoms with van der Waals surface area (Å²) in [4.78, 5) is 11.5. The number of amides is 1. The number of hydrogen-bond donors (Lipinski definition) is 1. The van der Waals surface area contributed by atoms with Crippen molar-refractivity contribution < 1.29 is 4.79 Å². The van der Waals surface area contributed by atoms with E-state index in [0.29, 0.717) is 5.02 Å². The van der Waals surface area contributed by atoms with Crippen LogP contribution in [0.1, 0.15) is 29.7 Å². The quantitative estimate of drug-likeness (QED) is 0.884. The summed E-state index contributed by atoms with van der Waals surface area (Å²) in [7, 11) is 0. The number of fused-ring (bicyclic) bond motifs is 1. The molecular weight excluding hydrogens is 270 g/mol. The van der Waals surface area contributed by atoms with E-state index in [0.717, 1.165) is 22.3 Å².